The van der Waals surface area contributed by atoms with Crippen molar-refractivity contribution >= 4 is 23.6 Å². The number of hydrogen-bond donors (Lipinski definition) is 3. The highest BCUT2D eigenvalue weighted by atomic mass is 19.4. The molecule has 0 spiro atoms. The molecule has 1 aromatic rings. The number of halogens is 3. The van der Waals surface area contributed by atoms with Crippen LogP contribution in [0.2, 0.25) is 0 Å². The lowest BCUT2D eigenvalue weighted by Crippen LogP contribution is -2.55. The van der Waals surface area contributed by atoms with E-state index in [9.17, 15) is 32.3 Å². The van der Waals surface area contributed by atoms with Gasteiger partial charge in [0.05, 0.1) is 0 Å². The molecule has 3 aliphatic rings. The molecule has 5 atom stereocenters. The first kappa shape index (κ1) is 26.6. The average Bonchev–Trinajstić information content (AvgIpc) is 3.16. The van der Waals surface area contributed by atoms with Crippen LogP contribution in [0.3, 0.4) is 0 Å². The summed E-state index contributed by atoms with van der Waals surface area (Å²) in [5, 5.41) is 5.33. The third-order valence-corrected chi connectivity index (χ3v) is 7.56. The maximum atomic E-state index is 13.3. The number of nitrogens with one attached hydrogen (secondary N) is 2. The van der Waals surface area contributed by atoms with E-state index in [0.29, 0.717) is 19.5 Å². The lowest BCUT2D eigenvalue weighted by Gasteiger charge is -2.31. The van der Waals surface area contributed by atoms with Crippen molar-refractivity contribution in [2.45, 2.75) is 45.1 Å². The fourth-order valence-corrected chi connectivity index (χ4v) is 5.47. The van der Waals surface area contributed by atoms with E-state index in [1.807, 2.05) is 13.8 Å². The van der Waals surface area contributed by atoms with Crippen LogP contribution in [0.1, 0.15) is 26.7 Å². The molecule has 2 heterocycles. The summed E-state index contributed by atoms with van der Waals surface area (Å²) in [7, 11) is 0. The van der Waals surface area contributed by atoms with E-state index in [1.54, 1.807) is 0 Å². The van der Waals surface area contributed by atoms with Gasteiger partial charge in [0.1, 0.15) is 23.6 Å². The molecule has 37 heavy (non-hydrogen) atoms. The lowest BCUT2D eigenvalue weighted by atomic mass is 9.96. The Morgan fingerprint density at radius 1 is 1.22 bits per heavy atom. The van der Waals surface area contributed by atoms with E-state index in [0.717, 1.165) is 12.1 Å². The second-order valence-corrected chi connectivity index (χ2v) is 10.2. The summed E-state index contributed by atoms with van der Waals surface area (Å²) in [5.74, 6) is -2.73. The minimum absolute atomic E-state index is 0.0716. The van der Waals surface area contributed by atoms with Crippen molar-refractivity contribution in [1.29, 1.82) is 0 Å². The quantitative estimate of drug-likeness (QED) is 0.438. The molecule has 1 saturated carbocycles. The maximum Gasteiger partial charge on any atom is 0.573 e. The predicted octanol–water partition coefficient (Wildman–Crippen LogP) is 0.943. The van der Waals surface area contributed by atoms with Crippen LogP contribution >= 0.6 is 0 Å². The van der Waals surface area contributed by atoms with Crippen molar-refractivity contribution in [2.75, 3.05) is 19.7 Å². The number of likely N-dealkylation sites (tertiary alicyclic amines) is 1. The van der Waals surface area contributed by atoms with Gasteiger partial charge in [0.2, 0.25) is 17.7 Å². The summed E-state index contributed by atoms with van der Waals surface area (Å²) in [6.07, 6.45) is -4.22. The smallest absolute Gasteiger partial charge is 0.484 e. The number of fused-ring (bicyclic) bond motifs is 1. The molecule has 202 valence electrons. The minimum Gasteiger partial charge on any atom is -0.484 e. The number of hydrogen-bond acceptors (Lipinski definition) is 6. The Hall–Kier alpha value is -3.51. The van der Waals surface area contributed by atoms with Crippen molar-refractivity contribution in [1.82, 2.24) is 15.5 Å². The number of rotatable bonds is 9. The third-order valence-electron chi connectivity index (χ3n) is 7.56. The van der Waals surface area contributed by atoms with Gasteiger partial charge in [-0.05, 0) is 54.4 Å². The Balaban J connectivity index is 1.39. The highest BCUT2D eigenvalue weighted by Crippen LogP contribution is 2.64. The fourth-order valence-electron chi connectivity index (χ4n) is 5.47. The SMILES string of the molecule is CC1(C)C2CN(C(=O)COc3ccc(OC(F)(F)F)cc3)[C@H](C(=O)NC(CC3CCNC3=O)C(N)=O)C21. The van der Waals surface area contributed by atoms with Gasteiger partial charge in [0.25, 0.3) is 5.91 Å². The van der Waals surface area contributed by atoms with E-state index in [4.69, 9.17) is 10.5 Å². The number of carbonyl (C=O) groups is 4. The van der Waals surface area contributed by atoms with Gasteiger partial charge >= 0.3 is 6.36 Å². The number of benzene rings is 1. The van der Waals surface area contributed by atoms with Gasteiger partial charge in [-0.15, -0.1) is 13.2 Å². The molecular weight excluding hydrogens is 497 g/mol. The van der Waals surface area contributed by atoms with Crippen LogP contribution in [0, 0.1) is 23.2 Å². The molecule has 2 saturated heterocycles. The van der Waals surface area contributed by atoms with E-state index in [2.05, 4.69) is 15.4 Å². The summed E-state index contributed by atoms with van der Waals surface area (Å²) in [6, 6.07) is 2.68. The number of ether oxygens (including phenoxy) is 2. The molecule has 10 nitrogen and oxygen atoms in total. The summed E-state index contributed by atoms with van der Waals surface area (Å²) in [5.41, 5.74) is 5.32. The number of nitrogens with zero attached hydrogens (tertiary/aromatic N) is 1. The van der Waals surface area contributed by atoms with Gasteiger partial charge in [0.15, 0.2) is 6.61 Å². The van der Waals surface area contributed by atoms with Crippen molar-refractivity contribution in [3.8, 4) is 11.5 Å². The first-order valence-electron chi connectivity index (χ1n) is 11.9. The summed E-state index contributed by atoms with van der Waals surface area (Å²) < 4.78 is 46.2. The molecule has 4 rings (SSSR count). The third kappa shape index (κ3) is 5.75. The molecule has 3 fully saturated rings. The van der Waals surface area contributed by atoms with E-state index < -0.39 is 54.4 Å². The molecule has 2 aliphatic heterocycles. The second kappa shape index (κ2) is 9.75. The predicted molar refractivity (Wildman–Crippen MR) is 122 cm³/mol. The van der Waals surface area contributed by atoms with Gasteiger partial charge in [-0.2, -0.15) is 0 Å². The summed E-state index contributed by atoms with van der Waals surface area (Å²) in [6.45, 7) is 4.37. The van der Waals surface area contributed by atoms with Crippen LogP contribution in [0.4, 0.5) is 13.2 Å². The minimum atomic E-state index is -4.82. The normalized spacial score (nSPS) is 26.6. The monoisotopic (exact) mass is 526 g/mol. The Labute approximate surface area is 211 Å². The molecule has 0 aromatic heterocycles. The molecule has 0 bridgehead atoms. The van der Waals surface area contributed by atoms with Gasteiger partial charge in [-0.3, -0.25) is 19.2 Å². The first-order valence-corrected chi connectivity index (χ1v) is 11.9. The first-order chi connectivity index (χ1) is 17.3. The van der Waals surface area contributed by atoms with Crippen LogP contribution in [0.25, 0.3) is 0 Å². The maximum absolute atomic E-state index is 13.3. The van der Waals surface area contributed by atoms with Crippen molar-refractivity contribution in [2.24, 2.45) is 28.9 Å². The lowest BCUT2D eigenvalue weighted by molar-refractivity contribution is -0.274. The number of amides is 4. The zero-order valence-corrected chi connectivity index (χ0v) is 20.3. The Kier molecular flexibility index (Phi) is 6.99. The van der Waals surface area contributed by atoms with Gasteiger partial charge in [-0.1, -0.05) is 13.8 Å². The Morgan fingerprint density at radius 2 is 1.86 bits per heavy atom. The molecular formula is C24H29F3N4O6. The number of nitrogens with two attached hydrogens (primary N) is 1. The van der Waals surface area contributed by atoms with Crippen LogP contribution < -0.4 is 25.8 Å². The van der Waals surface area contributed by atoms with Crippen molar-refractivity contribution in [3.05, 3.63) is 24.3 Å². The zero-order valence-electron chi connectivity index (χ0n) is 20.3. The number of carbonyl (C=O) groups excluding carboxylic acids is 4. The van der Waals surface area contributed by atoms with Crippen LogP contribution in [0.5, 0.6) is 11.5 Å². The van der Waals surface area contributed by atoms with Crippen LogP contribution in [-0.4, -0.2) is 66.7 Å². The number of piperidine rings is 1. The number of alkyl halides is 3. The molecule has 1 aliphatic carbocycles. The standard InChI is InChI=1S/C24H29F3N4O6/c1-23(2)15-10-31(17(32)11-36-13-3-5-14(6-4-13)37-24(25,26)27)19(18(15)23)22(35)30-16(20(28)33)9-12-7-8-29-21(12)34/h3-6,12,15-16,18-19H,7-11H2,1-2H3,(H2,28,33)(H,29,34)(H,30,35)/t12?,15?,16?,18?,19-/m0/s1. The van der Waals surface area contributed by atoms with E-state index in [1.165, 1.54) is 17.0 Å². The molecule has 4 amide bonds. The molecule has 13 heteroatoms. The van der Waals surface area contributed by atoms with E-state index >= 15 is 0 Å². The van der Waals surface area contributed by atoms with Crippen molar-refractivity contribution < 1.29 is 41.8 Å². The summed E-state index contributed by atoms with van der Waals surface area (Å²) in [4.78, 5) is 51.7. The van der Waals surface area contributed by atoms with Crippen LogP contribution in [0.15, 0.2) is 24.3 Å². The Bertz CT molecular complexity index is 1080. The largest absolute Gasteiger partial charge is 0.573 e. The number of primary amides is 1. The van der Waals surface area contributed by atoms with E-state index in [-0.39, 0.29) is 35.3 Å². The average molecular weight is 527 g/mol. The molecule has 4 N–H and O–H groups in total. The molecule has 0 radical (unpaired) electrons. The molecule has 1 aromatic carbocycles. The van der Waals surface area contributed by atoms with Crippen LogP contribution in [-0.2, 0) is 19.2 Å². The Morgan fingerprint density at radius 3 is 2.43 bits per heavy atom. The van der Waals surface area contributed by atoms with Crippen molar-refractivity contribution in [3.63, 3.8) is 0 Å². The summed E-state index contributed by atoms with van der Waals surface area (Å²) >= 11 is 0. The zero-order chi connectivity index (χ0) is 27.1. The van der Waals surface area contributed by atoms with Gasteiger partial charge < -0.3 is 30.7 Å². The topological polar surface area (TPSA) is 140 Å². The van der Waals surface area contributed by atoms with Gasteiger partial charge in [-0.25, -0.2) is 0 Å². The fraction of sp³-hybridized carbons (Fsp3) is 0.583. The highest BCUT2D eigenvalue weighted by molar-refractivity contribution is 5.93. The van der Waals surface area contributed by atoms with Gasteiger partial charge in [0, 0.05) is 19.0 Å². The second-order valence-electron chi connectivity index (χ2n) is 10.2. The molecule has 4 unspecified atom stereocenters. The highest BCUT2D eigenvalue weighted by Gasteiger charge is 2.69.